The van der Waals surface area contributed by atoms with Gasteiger partial charge in [-0.05, 0) is 33.1 Å². The largest absolute Gasteiger partial charge is 0.488 e. The van der Waals surface area contributed by atoms with Crippen molar-refractivity contribution in [1.82, 2.24) is 14.6 Å². The van der Waals surface area contributed by atoms with Crippen molar-refractivity contribution >= 4 is 5.91 Å². The molecule has 0 aliphatic carbocycles. The third-order valence-electron chi connectivity index (χ3n) is 5.74. The first-order chi connectivity index (χ1) is 14.1. The molecular weight excluding hydrogens is 374 g/mol. The molecule has 2 aromatic rings. The lowest BCUT2D eigenvalue weighted by molar-refractivity contribution is 0.0298. The van der Waals surface area contributed by atoms with Gasteiger partial charge in [-0.25, -0.2) is 0 Å². The fourth-order valence-electron chi connectivity index (χ4n) is 4.04. The van der Waals surface area contributed by atoms with Crippen LogP contribution in [-0.4, -0.2) is 46.8 Å². The number of carbonyl (C=O) groups excluding carboxylic acids is 1. The van der Waals surface area contributed by atoms with Gasteiger partial charge in [0.15, 0.2) is 0 Å². The summed E-state index contributed by atoms with van der Waals surface area (Å²) in [4.78, 5) is 28.0. The third-order valence-corrected chi connectivity index (χ3v) is 5.74. The predicted molar refractivity (Wildman–Crippen MR) is 105 cm³/mol. The van der Waals surface area contributed by atoms with Crippen LogP contribution in [0.1, 0.15) is 52.3 Å². The summed E-state index contributed by atoms with van der Waals surface area (Å²) in [5, 5.41) is 3.95. The molecule has 4 heterocycles. The first-order valence-electron chi connectivity index (χ1n) is 10.2. The number of aromatic nitrogens is 2. The van der Waals surface area contributed by atoms with Crippen molar-refractivity contribution in [1.29, 1.82) is 0 Å². The predicted octanol–water partition coefficient (Wildman–Crippen LogP) is 2.23. The van der Waals surface area contributed by atoms with E-state index >= 15 is 0 Å². The van der Waals surface area contributed by atoms with Crippen LogP contribution in [0.5, 0.6) is 5.75 Å². The van der Waals surface area contributed by atoms with Gasteiger partial charge in [0.2, 0.25) is 0 Å². The van der Waals surface area contributed by atoms with Crippen LogP contribution in [-0.2, 0) is 24.3 Å². The molecular formula is C21H27N3O5. The lowest BCUT2D eigenvalue weighted by Crippen LogP contribution is -2.42. The zero-order valence-electron chi connectivity index (χ0n) is 17.0. The van der Waals surface area contributed by atoms with Crippen LogP contribution in [0.3, 0.4) is 0 Å². The fourth-order valence-corrected chi connectivity index (χ4v) is 4.04. The first-order valence-corrected chi connectivity index (χ1v) is 10.2. The van der Waals surface area contributed by atoms with Crippen molar-refractivity contribution in [2.24, 2.45) is 0 Å². The van der Waals surface area contributed by atoms with Gasteiger partial charge in [-0.3, -0.25) is 9.59 Å². The van der Waals surface area contributed by atoms with E-state index in [1.165, 1.54) is 6.07 Å². The van der Waals surface area contributed by atoms with E-state index in [1.807, 2.05) is 13.8 Å². The van der Waals surface area contributed by atoms with Gasteiger partial charge in [-0.1, -0.05) is 11.6 Å². The summed E-state index contributed by atoms with van der Waals surface area (Å²) in [6.07, 6.45) is 3.64. The summed E-state index contributed by atoms with van der Waals surface area (Å²) >= 11 is 0. The molecule has 0 spiro atoms. The van der Waals surface area contributed by atoms with Crippen molar-refractivity contribution in [3.8, 4) is 5.75 Å². The van der Waals surface area contributed by atoms with Crippen LogP contribution >= 0.6 is 0 Å². The van der Waals surface area contributed by atoms with Crippen molar-refractivity contribution < 1.29 is 18.8 Å². The molecule has 156 valence electrons. The maximum atomic E-state index is 13.5. The van der Waals surface area contributed by atoms with E-state index in [-0.39, 0.29) is 18.1 Å². The Hall–Kier alpha value is -2.61. The molecule has 0 atom stereocenters. The van der Waals surface area contributed by atoms with E-state index in [1.54, 1.807) is 9.47 Å². The highest BCUT2D eigenvalue weighted by atomic mass is 16.5. The van der Waals surface area contributed by atoms with Gasteiger partial charge in [0, 0.05) is 31.4 Å². The Kier molecular flexibility index (Phi) is 5.71. The quantitative estimate of drug-likeness (QED) is 0.781. The summed E-state index contributed by atoms with van der Waals surface area (Å²) in [6.45, 7) is 6.65. The highest BCUT2D eigenvalue weighted by Crippen LogP contribution is 2.28. The number of fused-ring (bicyclic) bond motifs is 1. The SMILES string of the molecule is Cc1noc(C)c1COc1cc(=O)n2c(c1C(=O)N1CCOCC1)CCCCC2. The number of hydrogen-bond donors (Lipinski definition) is 0. The van der Waals surface area contributed by atoms with Crippen molar-refractivity contribution in [2.75, 3.05) is 26.3 Å². The van der Waals surface area contributed by atoms with Crippen LogP contribution in [0.4, 0.5) is 0 Å². The van der Waals surface area contributed by atoms with E-state index in [2.05, 4.69) is 5.16 Å². The smallest absolute Gasteiger partial charge is 0.259 e. The average Bonchev–Trinajstić information content (AvgIpc) is 2.92. The zero-order valence-corrected chi connectivity index (χ0v) is 17.0. The second kappa shape index (κ2) is 8.41. The van der Waals surface area contributed by atoms with Crippen molar-refractivity contribution in [2.45, 2.75) is 52.7 Å². The molecule has 0 radical (unpaired) electrons. The van der Waals surface area contributed by atoms with Gasteiger partial charge >= 0.3 is 0 Å². The van der Waals surface area contributed by atoms with E-state index < -0.39 is 0 Å². The number of rotatable bonds is 4. The lowest BCUT2D eigenvalue weighted by Gasteiger charge is -2.29. The number of morpholine rings is 1. The van der Waals surface area contributed by atoms with Crippen LogP contribution in [0.25, 0.3) is 0 Å². The Labute approximate surface area is 169 Å². The Bertz CT molecular complexity index is 936. The number of amides is 1. The van der Waals surface area contributed by atoms with Gasteiger partial charge < -0.3 is 23.5 Å². The molecule has 2 aliphatic rings. The van der Waals surface area contributed by atoms with E-state index in [0.29, 0.717) is 56.3 Å². The highest BCUT2D eigenvalue weighted by molar-refractivity contribution is 5.98. The molecule has 8 nitrogen and oxygen atoms in total. The molecule has 8 heteroatoms. The monoisotopic (exact) mass is 401 g/mol. The normalized spacial score (nSPS) is 17.0. The fraction of sp³-hybridized carbons (Fsp3) is 0.571. The van der Waals surface area contributed by atoms with Gasteiger partial charge in [-0.2, -0.15) is 0 Å². The molecule has 0 saturated carbocycles. The molecule has 0 unspecified atom stereocenters. The van der Waals surface area contributed by atoms with Crippen molar-refractivity contribution in [3.05, 3.63) is 44.7 Å². The Morgan fingerprint density at radius 3 is 2.69 bits per heavy atom. The Morgan fingerprint density at radius 1 is 1.17 bits per heavy atom. The third kappa shape index (κ3) is 3.94. The number of ether oxygens (including phenoxy) is 2. The summed E-state index contributed by atoms with van der Waals surface area (Å²) in [5.41, 5.74) is 2.77. The van der Waals surface area contributed by atoms with E-state index in [0.717, 1.165) is 36.2 Å². The standard InChI is InChI=1S/C21H27N3O5/c1-14-16(15(2)29-22-14)13-28-18-12-19(25)24-7-5-3-4-6-17(24)20(18)21(26)23-8-10-27-11-9-23/h12H,3-11,13H2,1-2H3. The number of nitrogens with zero attached hydrogens (tertiary/aromatic N) is 3. The molecule has 0 N–H and O–H groups in total. The molecule has 1 fully saturated rings. The van der Waals surface area contributed by atoms with Gasteiger partial charge in [0.25, 0.3) is 11.5 Å². The molecule has 4 rings (SSSR count). The molecule has 29 heavy (non-hydrogen) atoms. The second-order valence-corrected chi connectivity index (χ2v) is 7.63. The Morgan fingerprint density at radius 2 is 1.97 bits per heavy atom. The van der Waals surface area contributed by atoms with E-state index in [9.17, 15) is 9.59 Å². The minimum Gasteiger partial charge on any atom is -0.488 e. The molecule has 2 aliphatic heterocycles. The van der Waals surface area contributed by atoms with Crippen LogP contribution < -0.4 is 10.3 Å². The maximum Gasteiger partial charge on any atom is 0.259 e. The average molecular weight is 401 g/mol. The summed E-state index contributed by atoms with van der Waals surface area (Å²) in [6, 6.07) is 1.46. The number of pyridine rings is 1. The van der Waals surface area contributed by atoms with Crippen LogP contribution in [0.15, 0.2) is 15.4 Å². The van der Waals surface area contributed by atoms with E-state index in [4.69, 9.17) is 14.0 Å². The molecule has 2 aromatic heterocycles. The number of carbonyl (C=O) groups is 1. The summed E-state index contributed by atoms with van der Waals surface area (Å²) in [5.74, 6) is 0.933. The van der Waals surface area contributed by atoms with Gasteiger partial charge in [0.05, 0.1) is 24.5 Å². The molecule has 1 saturated heterocycles. The Balaban J connectivity index is 1.74. The highest BCUT2D eigenvalue weighted by Gasteiger charge is 2.28. The zero-order chi connectivity index (χ0) is 20.4. The molecule has 0 aromatic carbocycles. The van der Waals surface area contributed by atoms with Gasteiger partial charge in [-0.15, -0.1) is 0 Å². The van der Waals surface area contributed by atoms with Crippen LogP contribution in [0, 0.1) is 13.8 Å². The molecule has 0 bridgehead atoms. The lowest BCUT2D eigenvalue weighted by atomic mass is 10.1. The minimum absolute atomic E-state index is 0.0901. The summed E-state index contributed by atoms with van der Waals surface area (Å²) in [7, 11) is 0. The minimum atomic E-state index is -0.116. The van der Waals surface area contributed by atoms with Crippen LogP contribution in [0.2, 0.25) is 0 Å². The number of hydrogen-bond acceptors (Lipinski definition) is 6. The molecule has 1 amide bonds. The second-order valence-electron chi connectivity index (χ2n) is 7.63. The maximum absolute atomic E-state index is 13.5. The number of aryl methyl sites for hydroxylation is 2. The van der Waals surface area contributed by atoms with Crippen molar-refractivity contribution in [3.63, 3.8) is 0 Å². The van der Waals surface area contributed by atoms with Gasteiger partial charge in [0.1, 0.15) is 23.7 Å². The first kappa shape index (κ1) is 19.7. The summed E-state index contributed by atoms with van der Waals surface area (Å²) < 4.78 is 18.4. The topological polar surface area (TPSA) is 86.8 Å².